The van der Waals surface area contributed by atoms with Gasteiger partial charge in [-0.05, 0) is 37.1 Å². The van der Waals surface area contributed by atoms with Crippen LogP contribution in [0.5, 0.6) is 11.5 Å². The molecule has 0 bridgehead atoms. The highest BCUT2D eigenvalue weighted by molar-refractivity contribution is 6.30. The van der Waals surface area contributed by atoms with Gasteiger partial charge in [-0.15, -0.1) is 0 Å². The van der Waals surface area contributed by atoms with E-state index in [2.05, 4.69) is 0 Å². The number of hydrogen-bond donors (Lipinski definition) is 3. The molecule has 0 aliphatic heterocycles. The fraction of sp³-hybridized carbons (Fsp3) is 0.176. The van der Waals surface area contributed by atoms with Crippen molar-refractivity contribution in [1.29, 1.82) is 0 Å². The zero-order valence-electron chi connectivity index (χ0n) is 11.8. The Bertz CT molecular complexity index is 805. The third kappa shape index (κ3) is 2.07. The molecule has 2 aromatic carbocycles. The molecule has 1 aliphatic carbocycles. The van der Waals surface area contributed by atoms with Crippen molar-refractivity contribution in [3.05, 3.63) is 58.1 Å². The fourth-order valence-corrected chi connectivity index (χ4v) is 2.80. The fourth-order valence-electron chi connectivity index (χ4n) is 2.80. The van der Waals surface area contributed by atoms with E-state index in [9.17, 15) is 24.9 Å². The zero-order valence-corrected chi connectivity index (χ0v) is 11.8. The van der Waals surface area contributed by atoms with E-state index in [4.69, 9.17) is 0 Å². The SMILES string of the molecule is C[C@@H](O)Cc1cc(O)c2c(c1)C(=O)c1cccc(O)c1C2=O. The molecule has 0 heterocycles. The second-order valence-electron chi connectivity index (χ2n) is 5.45. The van der Waals surface area contributed by atoms with Gasteiger partial charge < -0.3 is 15.3 Å². The van der Waals surface area contributed by atoms with Crippen LogP contribution in [0.2, 0.25) is 0 Å². The van der Waals surface area contributed by atoms with Crippen molar-refractivity contribution in [2.45, 2.75) is 19.4 Å². The van der Waals surface area contributed by atoms with Crippen LogP contribution in [-0.2, 0) is 6.42 Å². The molecule has 5 nitrogen and oxygen atoms in total. The average Bonchev–Trinajstić information content (AvgIpc) is 2.43. The molecule has 0 saturated carbocycles. The van der Waals surface area contributed by atoms with Crippen LogP contribution in [0.3, 0.4) is 0 Å². The summed E-state index contributed by atoms with van der Waals surface area (Å²) in [5.74, 6) is -1.61. The molecule has 3 rings (SSSR count). The Kier molecular flexibility index (Phi) is 3.22. The molecule has 0 unspecified atom stereocenters. The van der Waals surface area contributed by atoms with Gasteiger partial charge in [0.2, 0.25) is 5.78 Å². The molecule has 0 fully saturated rings. The van der Waals surface area contributed by atoms with E-state index in [-0.39, 0.29) is 40.2 Å². The minimum Gasteiger partial charge on any atom is -0.507 e. The van der Waals surface area contributed by atoms with Gasteiger partial charge in [0, 0.05) is 11.1 Å². The molecule has 22 heavy (non-hydrogen) atoms. The van der Waals surface area contributed by atoms with Crippen molar-refractivity contribution in [2.75, 3.05) is 0 Å². The van der Waals surface area contributed by atoms with Gasteiger partial charge >= 0.3 is 0 Å². The monoisotopic (exact) mass is 298 g/mol. The summed E-state index contributed by atoms with van der Waals surface area (Å²) in [6.07, 6.45) is -0.377. The predicted octanol–water partition coefficient (Wildman–Crippen LogP) is 1.80. The largest absolute Gasteiger partial charge is 0.507 e. The van der Waals surface area contributed by atoms with Crippen LogP contribution in [0.1, 0.15) is 44.3 Å². The second kappa shape index (κ2) is 4.96. The molecular weight excluding hydrogens is 284 g/mol. The highest BCUT2D eigenvalue weighted by atomic mass is 16.3. The standard InChI is InChI=1S/C17H14O5/c1-8(18)5-9-6-11-15(13(20)7-9)17(22)14-10(16(11)21)3-2-4-12(14)19/h2-4,6-8,18-20H,5H2,1H3/t8-/m1/s1. The molecule has 2 aromatic rings. The molecule has 0 radical (unpaired) electrons. The minimum absolute atomic E-state index is 0.0847. The summed E-state index contributed by atoms with van der Waals surface area (Å²) in [6, 6.07) is 7.16. The van der Waals surface area contributed by atoms with Gasteiger partial charge in [-0.2, -0.15) is 0 Å². The number of phenols is 2. The maximum absolute atomic E-state index is 12.6. The zero-order chi connectivity index (χ0) is 16.0. The lowest BCUT2D eigenvalue weighted by Gasteiger charge is -2.20. The number of phenolic OH excluding ortho intramolecular Hbond substituents is 2. The Morgan fingerprint density at radius 2 is 1.64 bits per heavy atom. The first-order valence-electron chi connectivity index (χ1n) is 6.85. The number of rotatable bonds is 2. The predicted molar refractivity (Wildman–Crippen MR) is 78.5 cm³/mol. The highest BCUT2D eigenvalue weighted by Crippen LogP contribution is 2.37. The molecule has 0 spiro atoms. The first-order chi connectivity index (χ1) is 10.4. The van der Waals surface area contributed by atoms with Crippen LogP contribution in [0, 0.1) is 0 Å². The Morgan fingerprint density at radius 3 is 2.32 bits per heavy atom. The highest BCUT2D eigenvalue weighted by Gasteiger charge is 2.34. The molecular formula is C17H14O5. The molecule has 0 aromatic heterocycles. The number of carbonyl (C=O) groups excluding carboxylic acids is 2. The summed E-state index contributed by atoms with van der Waals surface area (Å²) in [6.45, 7) is 1.59. The number of fused-ring (bicyclic) bond motifs is 2. The first-order valence-corrected chi connectivity index (χ1v) is 6.85. The van der Waals surface area contributed by atoms with E-state index in [1.54, 1.807) is 6.92 Å². The first kappa shape index (κ1) is 14.3. The summed E-state index contributed by atoms with van der Waals surface area (Å²) in [5.41, 5.74) is 0.591. The van der Waals surface area contributed by atoms with Gasteiger partial charge in [0.15, 0.2) is 5.78 Å². The third-order valence-corrected chi connectivity index (χ3v) is 3.69. The van der Waals surface area contributed by atoms with E-state index in [0.29, 0.717) is 5.56 Å². The van der Waals surface area contributed by atoms with Crippen molar-refractivity contribution < 1.29 is 24.9 Å². The number of hydrogen-bond acceptors (Lipinski definition) is 5. The van der Waals surface area contributed by atoms with Crippen LogP contribution < -0.4 is 0 Å². The van der Waals surface area contributed by atoms with Crippen LogP contribution in [0.15, 0.2) is 30.3 Å². The number of aliphatic hydroxyl groups excluding tert-OH is 1. The maximum atomic E-state index is 12.6. The summed E-state index contributed by atoms with van der Waals surface area (Å²) < 4.78 is 0. The maximum Gasteiger partial charge on any atom is 0.201 e. The van der Waals surface area contributed by atoms with Gasteiger partial charge in [0.1, 0.15) is 11.5 Å². The Morgan fingerprint density at radius 1 is 0.955 bits per heavy atom. The van der Waals surface area contributed by atoms with Crippen LogP contribution in [-0.4, -0.2) is 33.0 Å². The van der Waals surface area contributed by atoms with Gasteiger partial charge in [0.25, 0.3) is 0 Å². The van der Waals surface area contributed by atoms with Gasteiger partial charge in [0.05, 0.1) is 17.2 Å². The van der Waals surface area contributed by atoms with E-state index < -0.39 is 17.7 Å². The van der Waals surface area contributed by atoms with Crippen molar-refractivity contribution in [3.8, 4) is 11.5 Å². The van der Waals surface area contributed by atoms with Crippen LogP contribution in [0.25, 0.3) is 0 Å². The number of aromatic hydroxyl groups is 2. The number of carbonyl (C=O) groups is 2. The number of benzene rings is 2. The lowest BCUT2D eigenvalue weighted by atomic mass is 9.82. The normalized spacial score (nSPS) is 14.5. The van der Waals surface area contributed by atoms with E-state index in [1.165, 1.54) is 30.3 Å². The molecule has 1 atom stereocenters. The Balaban J connectivity index is 2.23. The number of ketones is 2. The van der Waals surface area contributed by atoms with Gasteiger partial charge in [-0.25, -0.2) is 0 Å². The van der Waals surface area contributed by atoms with E-state index in [1.807, 2.05) is 0 Å². The Hall–Kier alpha value is -2.66. The van der Waals surface area contributed by atoms with Crippen molar-refractivity contribution >= 4 is 11.6 Å². The van der Waals surface area contributed by atoms with Gasteiger partial charge in [-0.1, -0.05) is 12.1 Å². The van der Waals surface area contributed by atoms with Crippen molar-refractivity contribution in [1.82, 2.24) is 0 Å². The molecule has 0 saturated heterocycles. The van der Waals surface area contributed by atoms with Gasteiger partial charge in [-0.3, -0.25) is 9.59 Å². The molecule has 5 heteroatoms. The third-order valence-electron chi connectivity index (χ3n) is 3.69. The summed E-state index contributed by atoms with van der Waals surface area (Å²) >= 11 is 0. The molecule has 3 N–H and O–H groups in total. The van der Waals surface area contributed by atoms with Crippen molar-refractivity contribution in [2.24, 2.45) is 0 Å². The molecule has 0 amide bonds. The van der Waals surface area contributed by atoms with Crippen molar-refractivity contribution in [3.63, 3.8) is 0 Å². The molecule has 112 valence electrons. The topological polar surface area (TPSA) is 94.8 Å². The summed E-state index contributed by atoms with van der Waals surface area (Å²) in [7, 11) is 0. The minimum atomic E-state index is -0.636. The molecule has 1 aliphatic rings. The lowest BCUT2D eigenvalue weighted by molar-refractivity contribution is 0.0974. The second-order valence-corrected chi connectivity index (χ2v) is 5.45. The van der Waals surface area contributed by atoms with E-state index in [0.717, 1.165) is 0 Å². The lowest BCUT2D eigenvalue weighted by Crippen LogP contribution is -2.21. The summed E-state index contributed by atoms with van der Waals surface area (Å²) in [4.78, 5) is 25.1. The van der Waals surface area contributed by atoms with Crippen LogP contribution in [0.4, 0.5) is 0 Å². The Labute approximate surface area is 126 Å². The quantitative estimate of drug-likeness (QED) is 0.670. The summed E-state index contributed by atoms with van der Waals surface area (Å²) in [5, 5.41) is 29.4. The smallest absolute Gasteiger partial charge is 0.201 e. The average molecular weight is 298 g/mol. The van der Waals surface area contributed by atoms with Crippen LogP contribution >= 0.6 is 0 Å². The van der Waals surface area contributed by atoms with E-state index >= 15 is 0 Å². The number of aliphatic hydroxyl groups is 1.